The largest absolute Gasteiger partial charge is 0.457 e. The number of pyridine rings is 1. The lowest BCUT2D eigenvalue weighted by atomic mass is 10.0. The summed E-state index contributed by atoms with van der Waals surface area (Å²) < 4.78 is 23.1. The molecule has 0 radical (unpaired) electrons. The number of halogens is 1. The van der Waals surface area contributed by atoms with E-state index < -0.39 is 5.82 Å². The maximum absolute atomic E-state index is 15.5. The second-order valence-electron chi connectivity index (χ2n) is 9.87. The number of hydrogen-bond acceptors (Lipinski definition) is 9. The average molecular weight is 554 g/mol. The predicted octanol–water partition coefficient (Wildman–Crippen LogP) is 5.25. The van der Waals surface area contributed by atoms with Crippen LogP contribution in [0.1, 0.15) is 44.5 Å². The van der Waals surface area contributed by atoms with Crippen molar-refractivity contribution in [3.63, 3.8) is 0 Å². The van der Waals surface area contributed by atoms with Crippen LogP contribution in [0.3, 0.4) is 0 Å². The Morgan fingerprint density at radius 3 is 2.88 bits per heavy atom. The first kappa shape index (κ1) is 26.2. The third-order valence-corrected chi connectivity index (χ3v) is 7.07. The number of hydrogen-bond donors (Lipinski definition) is 1. The molecule has 0 saturated carbocycles. The maximum Gasteiger partial charge on any atom is 0.223 e. The number of rotatable bonds is 7. The minimum absolute atomic E-state index is 0.0576. The van der Waals surface area contributed by atoms with Gasteiger partial charge in [-0.1, -0.05) is 13.0 Å². The van der Waals surface area contributed by atoms with E-state index in [-0.39, 0.29) is 17.6 Å². The Hall–Kier alpha value is -5.00. The molecule has 208 valence electrons. The van der Waals surface area contributed by atoms with Crippen molar-refractivity contribution in [1.82, 2.24) is 39.4 Å². The van der Waals surface area contributed by atoms with E-state index in [4.69, 9.17) is 9.72 Å². The van der Waals surface area contributed by atoms with E-state index >= 15 is 4.39 Å². The summed E-state index contributed by atoms with van der Waals surface area (Å²) in [7, 11) is 0. The third kappa shape index (κ3) is 5.15. The highest BCUT2D eigenvalue weighted by Gasteiger charge is 2.24. The fourth-order valence-electron chi connectivity index (χ4n) is 4.89. The molecule has 12 heteroatoms. The fourth-order valence-corrected chi connectivity index (χ4v) is 4.89. The van der Waals surface area contributed by atoms with Crippen molar-refractivity contribution in [1.29, 1.82) is 0 Å². The molecule has 0 unspecified atom stereocenters. The predicted molar refractivity (Wildman–Crippen MR) is 151 cm³/mol. The van der Waals surface area contributed by atoms with E-state index in [1.54, 1.807) is 48.1 Å². The van der Waals surface area contributed by atoms with Gasteiger partial charge in [0.25, 0.3) is 0 Å². The lowest BCUT2D eigenvalue weighted by Gasteiger charge is -2.32. The van der Waals surface area contributed by atoms with Gasteiger partial charge < -0.3 is 15.0 Å². The molecule has 5 aromatic rings. The zero-order valence-electron chi connectivity index (χ0n) is 22.9. The standard InChI is InChI=1S/C29H28FN9O2/c1-4-5-25(40)38-10-8-19(12-17(38)2)28-31-14-22-27(37-28)29(34-15-32-22)36-21-6-7-23(18(3)26(21)30)41-20-9-11-39-24(13-20)33-16-35-39/h6-7,9,11-17H,4-5,8,10H2,1-3H3,(H,32,34,36)/t17-/m0/s1. The number of amides is 1. The van der Waals surface area contributed by atoms with Gasteiger partial charge in [0, 0.05) is 36.8 Å². The highest BCUT2D eigenvalue weighted by molar-refractivity contribution is 5.87. The van der Waals surface area contributed by atoms with E-state index in [9.17, 15) is 4.79 Å². The van der Waals surface area contributed by atoms with E-state index in [1.165, 1.54) is 12.7 Å². The van der Waals surface area contributed by atoms with Gasteiger partial charge in [0.05, 0.1) is 11.9 Å². The lowest BCUT2D eigenvalue weighted by Crippen LogP contribution is -2.40. The minimum atomic E-state index is -0.479. The lowest BCUT2D eigenvalue weighted by molar-refractivity contribution is -0.132. The molecule has 0 bridgehead atoms. The van der Waals surface area contributed by atoms with E-state index in [2.05, 4.69) is 30.4 Å². The molecule has 1 N–H and O–H groups in total. The third-order valence-electron chi connectivity index (χ3n) is 7.07. The molecule has 6 rings (SSSR count). The van der Waals surface area contributed by atoms with Crippen molar-refractivity contribution in [2.45, 2.75) is 46.1 Å². The number of fused-ring (bicyclic) bond motifs is 2. The smallest absolute Gasteiger partial charge is 0.223 e. The van der Waals surface area contributed by atoms with Crippen molar-refractivity contribution in [2.75, 3.05) is 11.9 Å². The van der Waals surface area contributed by atoms with Crippen LogP contribution in [-0.4, -0.2) is 57.9 Å². The van der Waals surface area contributed by atoms with Crippen molar-refractivity contribution < 1.29 is 13.9 Å². The molecule has 1 amide bonds. The van der Waals surface area contributed by atoms with Crippen LogP contribution in [0.5, 0.6) is 11.5 Å². The summed E-state index contributed by atoms with van der Waals surface area (Å²) in [6, 6.07) is 6.69. The Morgan fingerprint density at radius 2 is 2.05 bits per heavy atom. The van der Waals surface area contributed by atoms with Crippen LogP contribution in [0.25, 0.3) is 22.3 Å². The Morgan fingerprint density at radius 1 is 1.17 bits per heavy atom. The maximum atomic E-state index is 15.5. The molecular formula is C29H28FN9O2. The topological polar surface area (TPSA) is 123 Å². The molecule has 1 aliphatic rings. The molecular weight excluding hydrogens is 525 g/mol. The first-order valence-corrected chi connectivity index (χ1v) is 13.4. The van der Waals surface area contributed by atoms with Crippen LogP contribution in [0, 0.1) is 12.7 Å². The fraction of sp³-hybridized carbons (Fsp3) is 0.276. The molecule has 1 aromatic carbocycles. The molecule has 1 aliphatic heterocycles. The summed E-state index contributed by atoms with van der Waals surface area (Å²) in [5, 5.41) is 7.14. The summed E-state index contributed by atoms with van der Waals surface area (Å²) >= 11 is 0. The van der Waals surface area contributed by atoms with Gasteiger partial charge in [-0.3, -0.25) is 4.79 Å². The number of carbonyl (C=O) groups is 1. The van der Waals surface area contributed by atoms with E-state index in [1.807, 2.05) is 24.8 Å². The monoisotopic (exact) mass is 553 g/mol. The number of nitrogens with one attached hydrogen (secondary N) is 1. The van der Waals surface area contributed by atoms with Crippen LogP contribution in [0.4, 0.5) is 15.9 Å². The van der Waals surface area contributed by atoms with Crippen LogP contribution < -0.4 is 10.1 Å². The quantitative estimate of drug-likeness (QED) is 0.288. The molecule has 0 saturated heterocycles. The van der Waals surface area contributed by atoms with Crippen LogP contribution in [0.2, 0.25) is 0 Å². The summed E-state index contributed by atoms with van der Waals surface area (Å²) in [5.41, 5.74) is 3.11. The van der Waals surface area contributed by atoms with Gasteiger partial charge in [-0.25, -0.2) is 33.8 Å². The van der Waals surface area contributed by atoms with Crippen LogP contribution in [-0.2, 0) is 4.79 Å². The van der Waals surface area contributed by atoms with Crippen LogP contribution in [0.15, 0.2) is 55.4 Å². The second-order valence-corrected chi connectivity index (χ2v) is 9.87. The Labute approximate surface area is 235 Å². The zero-order valence-corrected chi connectivity index (χ0v) is 22.9. The number of benzene rings is 1. The highest BCUT2D eigenvalue weighted by Crippen LogP contribution is 2.33. The van der Waals surface area contributed by atoms with Gasteiger partial charge in [0.2, 0.25) is 5.91 Å². The Balaban J connectivity index is 1.26. The normalized spacial score (nSPS) is 15.3. The molecule has 11 nitrogen and oxygen atoms in total. The van der Waals surface area contributed by atoms with Crippen molar-refractivity contribution in [3.05, 3.63) is 72.6 Å². The Bertz CT molecular complexity index is 1800. The number of anilines is 2. The molecule has 4 aromatic heterocycles. The van der Waals surface area contributed by atoms with Gasteiger partial charge >= 0.3 is 0 Å². The van der Waals surface area contributed by atoms with E-state index in [0.717, 1.165) is 12.0 Å². The molecule has 5 heterocycles. The van der Waals surface area contributed by atoms with E-state index in [0.29, 0.717) is 64.8 Å². The van der Waals surface area contributed by atoms with Gasteiger partial charge in [0.15, 0.2) is 23.1 Å². The second kappa shape index (κ2) is 10.9. The average Bonchev–Trinajstić information content (AvgIpc) is 3.45. The van der Waals surface area contributed by atoms with Crippen LogP contribution >= 0.6 is 0 Å². The highest BCUT2D eigenvalue weighted by atomic mass is 19.1. The Kier molecular flexibility index (Phi) is 6.96. The molecule has 0 aliphatic carbocycles. The molecule has 0 fully saturated rings. The minimum Gasteiger partial charge on any atom is -0.457 e. The van der Waals surface area contributed by atoms with Gasteiger partial charge in [-0.05, 0) is 50.5 Å². The summed E-state index contributed by atoms with van der Waals surface area (Å²) in [6.45, 7) is 6.25. The SMILES string of the molecule is CCCC(=O)N1CCC(c2ncc3ncnc(Nc4ccc(Oc5ccn6ncnc6c5)c(C)c4F)c3n2)=C[C@@H]1C. The molecule has 41 heavy (non-hydrogen) atoms. The first-order chi connectivity index (χ1) is 19.9. The number of ether oxygens (including phenoxy) is 1. The summed E-state index contributed by atoms with van der Waals surface area (Å²) in [6.07, 6.45) is 10.2. The molecule has 0 spiro atoms. The number of carbonyl (C=O) groups excluding carboxylic acids is 1. The summed E-state index contributed by atoms with van der Waals surface area (Å²) in [4.78, 5) is 36.4. The van der Waals surface area contributed by atoms with Gasteiger partial charge in [0.1, 0.15) is 35.2 Å². The van der Waals surface area contributed by atoms with Crippen molar-refractivity contribution >= 4 is 39.7 Å². The number of aromatic nitrogens is 7. The summed E-state index contributed by atoms with van der Waals surface area (Å²) in [5.74, 6) is 1.46. The van der Waals surface area contributed by atoms with Gasteiger partial charge in [-0.15, -0.1) is 0 Å². The number of nitrogens with zero attached hydrogens (tertiary/aromatic N) is 8. The molecule has 1 atom stereocenters. The van der Waals surface area contributed by atoms with Crippen molar-refractivity contribution in [2.24, 2.45) is 0 Å². The zero-order chi connectivity index (χ0) is 28.5. The first-order valence-electron chi connectivity index (χ1n) is 13.4. The van der Waals surface area contributed by atoms with Gasteiger partial charge in [-0.2, -0.15) is 5.10 Å². The van der Waals surface area contributed by atoms with Crippen molar-refractivity contribution in [3.8, 4) is 11.5 Å².